The molecule has 5 nitrogen and oxygen atoms in total. The fourth-order valence-electron chi connectivity index (χ4n) is 2.02. The van der Waals surface area contributed by atoms with Crippen molar-refractivity contribution in [2.45, 2.75) is 26.2 Å². The molecule has 110 valence electrons. The zero-order valence-electron chi connectivity index (χ0n) is 12.8. The van der Waals surface area contributed by atoms with E-state index < -0.39 is 0 Å². The van der Waals surface area contributed by atoms with Crippen molar-refractivity contribution in [2.24, 2.45) is 0 Å². The number of benzene rings is 1. The van der Waals surface area contributed by atoms with Gasteiger partial charge in [0.2, 0.25) is 0 Å². The van der Waals surface area contributed by atoms with Gasteiger partial charge in [0.05, 0.1) is 0 Å². The van der Waals surface area contributed by atoms with E-state index >= 15 is 0 Å². The predicted octanol–water partition coefficient (Wildman–Crippen LogP) is 3.07. The molecule has 0 aliphatic heterocycles. The predicted molar refractivity (Wildman–Crippen MR) is 84.7 cm³/mol. The van der Waals surface area contributed by atoms with Gasteiger partial charge in [0.1, 0.15) is 5.82 Å². The van der Waals surface area contributed by atoms with E-state index in [2.05, 4.69) is 41.6 Å². The number of amides is 1. The maximum atomic E-state index is 12.3. The molecule has 0 saturated carbocycles. The van der Waals surface area contributed by atoms with Gasteiger partial charge in [-0.1, -0.05) is 39.0 Å². The molecular formula is C16H20N4O. The summed E-state index contributed by atoms with van der Waals surface area (Å²) < 4.78 is 0. The van der Waals surface area contributed by atoms with Crippen LogP contribution < -0.4 is 10.6 Å². The molecule has 1 heterocycles. The third kappa shape index (κ3) is 3.56. The first-order valence-corrected chi connectivity index (χ1v) is 6.84. The van der Waals surface area contributed by atoms with E-state index in [-0.39, 0.29) is 17.0 Å². The van der Waals surface area contributed by atoms with Crippen LogP contribution in [0.1, 0.15) is 36.8 Å². The van der Waals surface area contributed by atoms with Gasteiger partial charge < -0.3 is 10.6 Å². The summed E-state index contributed by atoms with van der Waals surface area (Å²) in [4.78, 5) is 12.3. The molecule has 1 aromatic carbocycles. The first-order valence-electron chi connectivity index (χ1n) is 6.84. The molecule has 0 radical (unpaired) electrons. The van der Waals surface area contributed by atoms with E-state index in [0.29, 0.717) is 5.82 Å². The SMILES string of the molecule is CNc1ccc(C(=O)Nc2ccccc2C(C)(C)C)nn1. The minimum absolute atomic E-state index is 0.0501. The standard InChI is InChI=1S/C16H20N4O/c1-16(2,3)11-7-5-6-8-12(11)18-15(21)13-9-10-14(17-4)20-19-13/h5-10H,1-4H3,(H,17,20)(H,18,21). The van der Waals surface area contributed by atoms with E-state index in [0.717, 1.165) is 11.3 Å². The second kappa shape index (κ2) is 5.91. The molecule has 0 atom stereocenters. The Morgan fingerprint density at radius 1 is 1.05 bits per heavy atom. The number of anilines is 2. The molecule has 0 bridgehead atoms. The Kier molecular flexibility index (Phi) is 4.21. The highest BCUT2D eigenvalue weighted by Crippen LogP contribution is 2.29. The van der Waals surface area contributed by atoms with Gasteiger partial charge in [-0.2, -0.15) is 0 Å². The molecule has 0 aliphatic rings. The number of nitrogens with zero attached hydrogens (tertiary/aromatic N) is 2. The monoisotopic (exact) mass is 284 g/mol. The van der Waals surface area contributed by atoms with Crippen molar-refractivity contribution in [2.75, 3.05) is 17.7 Å². The van der Waals surface area contributed by atoms with Crippen LogP contribution >= 0.6 is 0 Å². The molecule has 1 amide bonds. The minimum Gasteiger partial charge on any atom is -0.372 e. The minimum atomic E-state index is -0.262. The number of para-hydroxylation sites is 1. The zero-order valence-corrected chi connectivity index (χ0v) is 12.8. The summed E-state index contributed by atoms with van der Waals surface area (Å²) in [6.45, 7) is 6.33. The second-order valence-corrected chi connectivity index (χ2v) is 5.80. The fourth-order valence-corrected chi connectivity index (χ4v) is 2.02. The lowest BCUT2D eigenvalue weighted by atomic mass is 9.86. The van der Waals surface area contributed by atoms with Crippen LogP contribution in [0.3, 0.4) is 0 Å². The Morgan fingerprint density at radius 3 is 2.33 bits per heavy atom. The van der Waals surface area contributed by atoms with Crippen LogP contribution in [0.4, 0.5) is 11.5 Å². The zero-order chi connectivity index (χ0) is 15.5. The normalized spacial score (nSPS) is 11.0. The van der Waals surface area contributed by atoms with Gasteiger partial charge in [0.15, 0.2) is 5.69 Å². The summed E-state index contributed by atoms with van der Waals surface area (Å²) in [5.74, 6) is 0.364. The number of carbonyl (C=O) groups is 1. The summed E-state index contributed by atoms with van der Waals surface area (Å²) in [7, 11) is 1.75. The van der Waals surface area contributed by atoms with E-state index in [9.17, 15) is 4.79 Å². The summed E-state index contributed by atoms with van der Waals surface area (Å²) in [5, 5.41) is 13.6. The molecule has 2 rings (SSSR count). The maximum Gasteiger partial charge on any atom is 0.276 e. The Bertz CT molecular complexity index is 629. The van der Waals surface area contributed by atoms with Crippen LogP contribution in [0.5, 0.6) is 0 Å². The average molecular weight is 284 g/mol. The van der Waals surface area contributed by atoms with Gasteiger partial charge in [-0.05, 0) is 29.2 Å². The number of aromatic nitrogens is 2. The Hall–Kier alpha value is -2.43. The lowest BCUT2D eigenvalue weighted by molar-refractivity contribution is 0.102. The van der Waals surface area contributed by atoms with E-state index in [4.69, 9.17) is 0 Å². The number of rotatable bonds is 3. The molecule has 2 N–H and O–H groups in total. The smallest absolute Gasteiger partial charge is 0.276 e. The Labute approximate surface area is 124 Å². The van der Waals surface area contributed by atoms with E-state index in [1.54, 1.807) is 19.2 Å². The van der Waals surface area contributed by atoms with Gasteiger partial charge in [0.25, 0.3) is 5.91 Å². The largest absolute Gasteiger partial charge is 0.372 e. The van der Waals surface area contributed by atoms with Crippen LogP contribution in [0.2, 0.25) is 0 Å². The highest BCUT2D eigenvalue weighted by molar-refractivity contribution is 6.03. The van der Waals surface area contributed by atoms with Crippen molar-refractivity contribution < 1.29 is 4.79 Å². The summed E-state index contributed by atoms with van der Waals surface area (Å²) in [5.41, 5.74) is 2.12. The first-order chi connectivity index (χ1) is 9.91. The van der Waals surface area contributed by atoms with Gasteiger partial charge >= 0.3 is 0 Å². The van der Waals surface area contributed by atoms with Crippen molar-refractivity contribution >= 4 is 17.4 Å². The summed E-state index contributed by atoms with van der Waals surface area (Å²) >= 11 is 0. The topological polar surface area (TPSA) is 66.9 Å². The second-order valence-electron chi connectivity index (χ2n) is 5.80. The fraction of sp³-hybridized carbons (Fsp3) is 0.312. The van der Waals surface area contributed by atoms with Crippen LogP contribution in [-0.4, -0.2) is 23.2 Å². The average Bonchev–Trinajstić information content (AvgIpc) is 2.47. The Balaban J connectivity index is 2.23. The van der Waals surface area contributed by atoms with E-state index in [1.165, 1.54) is 0 Å². The molecule has 21 heavy (non-hydrogen) atoms. The van der Waals surface area contributed by atoms with E-state index in [1.807, 2.05) is 24.3 Å². The quantitative estimate of drug-likeness (QED) is 0.909. The van der Waals surface area contributed by atoms with Gasteiger partial charge in [-0.3, -0.25) is 4.79 Å². The summed E-state index contributed by atoms with van der Waals surface area (Å²) in [6.07, 6.45) is 0. The highest BCUT2D eigenvalue weighted by Gasteiger charge is 2.19. The summed E-state index contributed by atoms with van der Waals surface area (Å²) in [6, 6.07) is 11.2. The number of hydrogen-bond acceptors (Lipinski definition) is 4. The third-order valence-corrected chi connectivity index (χ3v) is 3.14. The lowest BCUT2D eigenvalue weighted by Crippen LogP contribution is -2.19. The van der Waals surface area contributed by atoms with Crippen LogP contribution in [0.15, 0.2) is 36.4 Å². The van der Waals surface area contributed by atoms with Crippen molar-refractivity contribution in [1.82, 2.24) is 10.2 Å². The number of hydrogen-bond donors (Lipinski definition) is 2. The number of nitrogens with one attached hydrogen (secondary N) is 2. The van der Waals surface area contributed by atoms with Crippen LogP contribution in [-0.2, 0) is 5.41 Å². The van der Waals surface area contributed by atoms with Gasteiger partial charge in [-0.25, -0.2) is 0 Å². The highest BCUT2D eigenvalue weighted by atomic mass is 16.1. The molecule has 0 fully saturated rings. The molecule has 5 heteroatoms. The third-order valence-electron chi connectivity index (χ3n) is 3.14. The van der Waals surface area contributed by atoms with Crippen molar-refractivity contribution in [1.29, 1.82) is 0 Å². The molecule has 0 aliphatic carbocycles. The van der Waals surface area contributed by atoms with Crippen LogP contribution in [0, 0.1) is 0 Å². The van der Waals surface area contributed by atoms with Crippen molar-refractivity contribution in [3.05, 3.63) is 47.7 Å². The Morgan fingerprint density at radius 2 is 1.76 bits per heavy atom. The maximum absolute atomic E-state index is 12.3. The molecule has 0 saturated heterocycles. The molecule has 0 spiro atoms. The molecular weight excluding hydrogens is 264 g/mol. The molecule has 2 aromatic rings. The van der Waals surface area contributed by atoms with Gasteiger partial charge in [-0.15, -0.1) is 10.2 Å². The number of carbonyl (C=O) groups excluding carboxylic acids is 1. The molecule has 0 unspecified atom stereocenters. The van der Waals surface area contributed by atoms with Crippen molar-refractivity contribution in [3.63, 3.8) is 0 Å². The van der Waals surface area contributed by atoms with Crippen LogP contribution in [0.25, 0.3) is 0 Å². The van der Waals surface area contributed by atoms with Crippen molar-refractivity contribution in [3.8, 4) is 0 Å². The lowest BCUT2D eigenvalue weighted by Gasteiger charge is -2.22. The van der Waals surface area contributed by atoms with Gasteiger partial charge in [0, 0.05) is 12.7 Å². The molecule has 1 aromatic heterocycles. The first kappa shape index (κ1) is 15.0.